The number of benzene rings is 1. The first-order chi connectivity index (χ1) is 11.5. The first-order valence-electron chi connectivity index (χ1n) is 8.15. The van der Waals surface area contributed by atoms with Crippen LogP contribution in [0.3, 0.4) is 0 Å². The van der Waals surface area contributed by atoms with E-state index >= 15 is 0 Å². The second-order valence-corrected chi connectivity index (χ2v) is 8.40. The Balaban J connectivity index is 1.79. The van der Waals surface area contributed by atoms with Crippen molar-refractivity contribution in [3.63, 3.8) is 0 Å². The summed E-state index contributed by atoms with van der Waals surface area (Å²) in [5.41, 5.74) is 2.28. The third-order valence-electron chi connectivity index (χ3n) is 4.55. The second-order valence-electron chi connectivity index (χ2n) is 6.25. The molecule has 0 radical (unpaired) electrons. The molecule has 0 spiro atoms. The molecule has 0 bridgehead atoms. The summed E-state index contributed by atoms with van der Waals surface area (Å²) in [4.78, 5) is 2.05. The monoisotopic (exact) mass is 349 g/mol. The minimum absolute atomic E-state index is 0.0311. The van der Waals surface area contributed by atoms with Crippen LogP contribution in [0.1, 0.15) is 18.1 Å². The zero-order valence-corrected chi connectivity index (χ0v) is 14.6. The maximum absolute atomic E-state index is 11.8. The van der Waals surface area contributed by atoms with Crippen molar-refractivity contribution in [2.75, 3.05) is 18.1 Å². The summed E-state index contributed by atoms with van der Waals surface area (Å²) < 4.78 is 25.5. The average molecular weight is 349 g/mol. The highest BCUT2D eigenvalue weighted by atomic mass is 32.2. The van der Waals surface area contributed by atoms with Crippen molar-refractivity contribution in [3.8, 4) is 0 Å². The van der Waals surface area contributed by atoms with Gasteiger partial charge < -0.3 is 5.11 Å². The molecule has 1 fully saturated rings. The van der Waals surface area contributed by atoms with Crippen molar-refractivity contribution in [2.45, 2.75) is 32.2 Å². The van der Waals surface area contributed by atoms with Gasteiger partial charge in [-0.1, -0.05) is 31.2 Å². The smallest absolute Gasteiger partial charge is 0.154 e. The number of hydrogen-bond acceptors (Lipinski definition) is 5. The Morgan fingerprint density at radius 2 is 2.00 bits per heavy atom. The molecule has 2 heterocycles. The Morgan fingerprint density at radius 1 is 1.25 bits per heavy atom. The van der Waals surface area contributed by atoms with Gasteiger partial charge in [-0.05, 0) is 23.7 Å². The number of aliphatic hydroxyl groups is 1. The molecule has 1 aliphatic rings. The van der Waals surface area contributed by atoms with Crippen LogP contribution in [0, 0.1) is 0 Å². The van der Waals surface area contributed by atoms with E-state index in [0.717, 1.165) is 11.1 Å². The molecule has 7 heteroatoms. The summed E-state index contributed by atoms with van der Waals surface area (Å²) in [5, 5.41) is 14.4. The Bertz CT molecular complexity index is 774. The van der Waals surface area contributed by atoms with Gasteiger partial charge in [0.2, 0.25) is 0 Å². The number of aliphatic hydroxyl groups excluding tert-OH is 1. The number of nitrogens with zero attached hydrogens (tertiary/aromatic N) is 3. The molecule has 2 aromatic rings. The number of sulfone groups is 1. The molecule has 2 atom stereocenters. The lowest BCUT2D eigenvalue weighted by atomic mass is 10.1. The van der Waals surface area contributed by atoms with Gasteiger partial charge in [0, 0.05) is 18.9 Å². The van der Waals surface area contributed by atoms with Crippen LogP contribution in [0.2, 0.25) is 0 Å². The zero-order valence-electron chi connectivity index (χ0n) is 13.7. The van der Waals surface area contributed by atoms with Crippen molar-refractivity contribution in [3.05, 3.63) is 53.9 Å². The van der Waals surface area contributed by atoms with Crippen molar-refractivity contribution in [1.82, 2.24) is 14.7 Å². The van der Waals surface area contributed by atoms with Crippen molar-refractivity contribution in [1.29, 1.82) is 0 Å². The highest BCUT2D eigenvalue weighted by Gasteiger charge is 2.39. The molecule has 24 heavy (non-hydrogen) atoms. The van der Waals surface area contributed by atoms with Gasteiger partial charge in [0.25, 0.3) is 0 Å². The molecule has 0 aliphatic carbocycles. The highest BCUT2D eigenvalue weighted by Crippen LogP contribution is 2.22. The minimum Gasteiger partial charge on any atom is -0.390 e. The molecule has 1 aliphatic heterocycles. The fraction of sp³-hybridized carbons (Fsp3) is 0.471. The Morgan fingerprint density at radius 3 is 2.58 bits per heavy atom. The molecular formula is C17H23N3O3S. The van der Waals surface area contributed by atoms with Crippen molar-refractivity contribution >= 4 is 9.84 Å². The lowest BCUT2D eigenvalue weighted by molar-refractivity contribution is 0.0817. The lowest BCUT2D eigenvalue weighted by Gasteiger charge is -2.29. The largest absolute Gasteiger partial charge is 0.390 e. The van der Waals surface area contributed by atoms with Crippen LogP contribution in [0.25, 0.3) is 0 Å². The quantitative estimate of drug-likeness (QED) is 0.839. The van der Waals surface area contributed by atoms with Gasteiger partial charge in [-0.3, -0.25) is 9.58 Å². The molecule has 0 amide bonds. The van der Waals surface area contributed by atoms with Gasteiger partial charge in [0.15, 0.2) is 9.84 Å². The van der Waals surface area contributed by atoms with E-state index in [4.69, 9.17) is 0 Å². The van der Waals surface area contributed by atoms with E-state index in [-0.39, 0.29) is 17.5 Å². The summed E-state index contributed by atoms with van der Waals surface area (Å²) >= 11 is 0. The van der Waals surface area contributed by atoms with Crippen LogP contribution in [0.15, 0.2) is 42.7 Å². The fourth-order valence-corrected chi connectivity index (χ4v) is 5.11. The van der Waals surface area contributed by atoms with E-state index in [1.807, 2.05) is 36.0 Å². The molecule has 1 aromatic carbocycles. The number of aromatic nitrogens is 2. The summed E-state index contributed by atoms with van der Waals surface area (Å²) in [7, 11) is -3.15. The van der Waals surface area contributed by atoms with Gasteiger partial charge in [0.1, 0.15) is 0 Å². The zero-order chi connectivity index (χ0) is 17.2. The Labute approximate surface area is 142 Å². The van der Waals surface area contributed by atoms with Gasteiger partial charge >= 0.3 is 0 Å². The third-order valence-corrected chi connectivity index (χ3v) is 6.25. The summed E-state index contributed by atoms with van der Waals surface area (Å²) in [5.74, 6) is -0.105. The minimum atomic E-state index is -3.15. The topological polar surface area (TPSA) is 75.4 Å². The van der Waals surface area contributed by atoms with E-state index in [9.17, 15) is 13.5 Å². The van der Waals surface area contributed by atoms with Crippen molar-refractivity contribution < 1.29 is 13.5 Å². The van der Waals surface area contributed by atoms with E-state index in [1.54, 1.807) is 6.20 Å². The third kappa shape index (κ3) is 3.85. The van der Waals surface area contributed by atoms with Gasteiger partial charge in [-0.25, -0.2) is 8.42 Å². The van der Waals surface area contributed by atoms with E-state index in [1.165, 1.54) is 0 Å². The Hall–Kier alpha value is -1.70. The van der Waals surface area contributed by atoms with Gasteiger partial charge in [-0.2, -0.15) is 5.10 Å². The molecule has 1 saturated heterocycles. The molecule has 1 N–H and O–H groups in total. The Kier molecular flexibility index (Phi) is 5.03. The maximum Gasteiger partial charge on any atom is 0.154 e. The van der Waals surface area contributed by atoms with Crippen LogP contribution < -0.4 is 0 Å². The van der Waals surface area contributed by atoms with Crippen LogP contribution in [0.4, 0.5) is 0 Å². The maximum atomic E-state index is 11.8. The fourth-order valence-electron chi connectivity index (χ4n) is 3.28. The standard InChI is InChI=1S/C17H23N3O3S/c1-2-19(16-12-24(22,23)13-17(16)21)10-14-6-3-4-7-15(14)11-20-9-5-8-18-20/h3-9,16-17,21H,2,10-13H2,1H3/t16-,17-/m0/s1. The normalized spacial score (nSPS) is 23.0. The van der Waals surface area contributed by atoms with Gasteiger partial charge in [-0.15, -0.1) is 0 Å². The van der Waals surface area contributed by atoms with Crippen LogP contribution in [0.5, 0.6) is 0 Å². The second kappa shape index (κ2) is 7.04. The summed E-state index contributed by atoms with van der Waals surface area (Å²) in [6.07, 6.45) is 2.86. The average Bonchev–Trinajstić information content (AvgIpc) is 3.13. The molecule has 130 valence electrons. The van der Waals surface area contributed by atoms with Crippen LogP contribution in [-0.2, 0) is 22.9 Å². The van der Waals surface area contributed by atoms with Gasteiger partial charge in [0.05, 0.1) is 30.2 Å². The number of rotatable bonds is 6. The van der Waals surface area contributed by atoms with Crippen LogP contribution >= 0.6 is 0 Å². The first kappa shape index (κ1) is 17.1. The lowest BCUT2D eigenvalue weighted by Crippen LogP contribution is -2.42. The molecular weight excluding hydrogens is 326 g/mol. The predicted octanol–water partition coefficient (Wildman–Crippen LogP) is 0.911. The van der Waals surface area contributed by atoms with E-state index in [2.05, 4.69) is 22.1 Å². The van der Waals surface area contributed by atoms with E-state index < -0.39 is 15.9 Å². The number of likely N-dealkylation sites (N-methyl/N-ethyl adjacent to an activating group) is 1. The SMILES string of the molecule is CCN(Cc1ccccc1Cn1cccn1)[C@H]1CS(=O)(=O)C[C@@H]1O. The van der Waals surface area contributed by atoms with Crippen molar-refractivity contribution in [2.24, 2.45) is 0 Å². The van der Waals surface area contributed by atoms with E-state index in [0.29, 0.717) is 19.6 Å². The molecule has 0 unspecified atom stereocenters. The summed E-state index contributed by atoms with van der Waals surface area (Å²) in [6.45, 7) is 3.97. The molecule has 0 saturated carbocycles. The predicted molar refractivity (Wildman–Crippen MR) is 92.3 cm³/mol. The highest BCUT2D eigenvalue weighted by molar-refractivity contribution is 7.91. The first-order valence-corrected chi connectivity index (χ1v) is 9.97. The van der Waals surface area contributed by atoms with Crippen LogP contribution in [-0.4, -0.2) is 58.4 Å². The molecule has 1 aromatic heterocycles. The molecule has 6 nitrogen and oxygen atoms in total. The molecule has 3 rings (SSSR count). The summed E-state index contributed by atoms with van der Waals surface area (Å²) in [6, 6.07) is 9.65. The number of hydrogen-bond donors (Lipinski definition) is 1.